The second kappa shape index (κ2) is 3.96. The van der Waals surface area contributed by atoms with Crippen molar-refractivity contribution in [1.82, 2.24) is 15.0 Å². The van der Waals surface area contributed by atoms with Crippen molar-refractivity contribution in [3.05, 3.63) is 42.4 Å². The lowest BCUT2D eigenvalue weighted by Crippen LogP contribution is -2.16. The molecule has 6 heteroatoms. The molecule has 0 bridgehead atoms. The summed E-state index contributed by atoms with van der Waals surface area (Å²) in [5.74, 6) is 0.836. The zero-order valence-corrected chi connectivity index (χ0v) is 10.5. The number of nitrogens with one attached hydrogen (secondary N) is 2. The number of hydrogen-bond donors (Lipinski definition) is 2. The molecule has 6 nitrogen and oxygen atoms in total. The highest BCUT2D eigenvalue weighted by Crippen LogP contribution is 2.35. The Hall–Kier alpha value is -3.07. The molecule has 0 saturated carbocycles. The number of anilines is 3. The lowest BCUT2D eigenvalue weighted by atomic mass is 10.2. The monoisotopic (exact) mass is 262 g/mol. The number of imidazole rings is 1. The first-order valence-corrected chi connectivity index (χ1v) is 6.20. The Balaban J connectivity index is 1.80. The molecular weight excluding hydrogens is 252 g/mol. The first-order valence-electron chi connectivity index (χ1n) is 6.20. The third-order valence-electron chi connectivity index (χ3n) is 3.39. The molecule has 1 aliphatic heterocycles. The van der Waals surface area contributed by atoms with Gasteiger partial charge in [0, 0.05) is 11.9 Å². The van der Waals surface area contributed by atoms with E-state index in [9.17, 15) is 0 Å². The van der Waals surface area contributed by atoms with Crippen LogP contribution in [-0.4, -0.2) is 21.6 Å². The molecule has 96 valence electrons. The minimum absolute atomic E-state index is 0.558. The van der Waals surface area contributed by atoms with Crippen molar-refractivity contribution in [1.29, 1.82) is 5.26 Å². The molecule has 0 unspecified atom stereocenters. The van der Waals surface area contributed by atoms with Crippen molar-refractivity contribution in [3.8, 4) is 6.07 Å². The zero-order chi connectivity index (χ0) is 13.5. The Morgan fingerprint density at radius 2 is 2.20 bits per heavy atom. The van der Waals surface area contributed by atoms with Gasteiger partial charge in [0.2, 0.25) is 0 Å². The number of pyridine rings is 1. The molecule has 0 aliphatic carbocycles. The third-order valence-corrected chi connectivity index (χ3v) is 3.39. The molecule has 4 rings (SSSR count). The summed E-state index contributed by atoms with van der Waals surface area (Å²) < 4.78 is 0. The second-order valence-corrected chi connectivity index (χ2v) is 4.57. The fraction of sp³-hybridized carbons (Fsp3) is 0.0714. The van der Waals surface area contributed by atoms with Crippen LogP contribution in [-0.2, 0) is 0 Å². The van der Waals surface area contributed by atoms with E-state index in [2.05, 4.69) is 31.2 Å². The van der Waals surface area contributed by atoms with E-state index in [0.717, 1.165) is 28.2 Å². The van der Waals surface area contributed by atoms with Gasteiger partial charge in [-0.05, 0) is 24.3 Å². The summed E-state index contributed by atoms with van der Waals surface area (Å²) in [6.07, 6.45) is 3.27. The molecule has 20 heavy (non-hydrogen) atoms. The molecule has 3 aromatic rings. The van der Waals surface area contributed by atoms with E-state index < -0.39 is 0 Å². The maximum Gasteiger partial charge on any atom is 0.158 e. The number of aromatic nitrogens is 3. The summed E-state index contributed by atoms with van der Waals surface area (Å²) in [7, 11) is 0. The molecule has 1 aliphatic rings. The fourth-order valence-electron chi connectivity index (χ4n) is 2.41. The van der Waals surface area contributed by atoms with Crippen LogP contribution >= 0.6 is 0 Å². The standard InChI is InChI=1S/C14H10N6/c15-5-9-3-13-14(16-6-9)20(8-19-13)10-1-2-11-12(4-10)18-7-17-11/h1-4,6-7,19H,8H2,(H,17,18). The normalized spacial score (nSPS) is 13.1. The molecule has 3 heterocycles. The van der Waals surface area contributed by atoms with Gasteiger partial charge in [-0.25, -0.2) is 9.97 Å². The predicted octanol–water partition coefficient (Wildman–Crippen LogP) is 2.35. The molecule has 0 radical (unpaired) electrons. The van der Waals surface area contributed by atoms with Gasteiger partial charge in [0.05, 0.1) is 35.3 Å². The Bertz CT molecular complexity index is 844. The summed E-state index contributed by atoms with van der Waals surface area (Å²) in [6.45, 7) is 0.636. The van der Waals surface area contributed by atoms with Gasteiger partial charge in [-0.2, -0.15) is 5.26 Å². The van der Waals surface area contributed by atoms with Crippen LogP contribution in [0, 0.1) is 11.3 Å². The molecule has 2 N–H and O–H groups in total. The highest BCUT2D eigenvalue weighted by molar-refractivity contribution is 5.84. The molecule has 0 saturated heterocycles. The van der Waals surface area contributed by atoms with E-state index in [0.29, 0.717) is 12.2 Å². The van der Waals surface area contributed by atoms with Crippen LogP contribution in [0.1, 0.15) is 5.56 Å². The maximum atomic E-state index is 8.90. The Morgan fingerprint density at radius 1 is 1.25 bits per heavy atom. The first-order chi connectivity index (χ1) is 9.85. The van der Waals surface area contributed by atoms with Crippen molar-refractivity contribution < 1.29 is 0 Å². The predicted molar refractivity (Wildman–Crippen MR) is 75.7 cm³/mol. The van der Waals surface area contributed by atoms with E-state index in [1.807, 2.05) is 24.3 Å². The lowest BCUT2D eigenvalue weighted by molar-refractivity contribution is 1.07. The summed E-state index contributed by atoms with van der Waals surface area (Å²) >= 11 is 0. The highest BCUT2D eigenvalue weighted by Gasteiger charge is 2.22. The molecule has 2 aromatic heterocycles. The minimum atomic E-state index is 0.558. The van der Waals surface area contributed by atoms with Crippen molar-refractivity contribution in [2.45, 2.75) is 0 Å². The largest absolute Gasteiger partial charge is 0.364 e. The van der Waals surface area contributed by atoms with Gasteiger partial charge in [0.1, 0.15) is 6.07 Å². The van der Waals surface area contributed by atoms with Gasteiger partial charge in [-0.15, -0.1) is 0 Å². The van der Waals surface area contributed by atoms with Crippen LogP contribution < -0.4 is 10.2 Å². The Labute approximate surface area is 114 Å². The van der Waals surface area contributed by atoms with Crippen LogP contribution in [0.2, 0.25) is 0 Å². The van der Waals surface area contributed by atoms with Crippen molar-refractivity contribution in [2.24, 2.45) is 0 Å². The number of hydrogen-bond acceptors (Lipinski definition) is 5. The fourth-order valence-corrected chi connectivity index (χ4v) is 2.41. The van der Waals surface area contributed by atoms with Gasteiger partial charge < -0.3 is 15.2 Å². The average Bonchev–Trinajstić information content (AvgIpc) is 3.11. The van der Waals surface area contributed by atoms with Crippen LogP contribution in [0.15, 0.2) is 36.8 Å². The summed E-state index contributed by atoms with van der Waals surface area (Å²) in [5, 5.41) is 12.2. The van der Waals surface area contributed by atoms with E-state index in [1.165, 1.54) is 0 Å². The molecule has 0 atom stereocenters. The smallest absolute Gasteiger partial charge is 0.158 e. The summed E-state index contributed by atoms with van der Waals surface area (Å²) in [5.41, 5.74) is 4.40. The first kappa shape index (κ1) is 10.8. The van der Waals surface area contributed by atoms with Gasteiger partial charge in [0.15, 0.2) is 5.82 Å². The Morgan fingerprint density at radius 3 is 3.10 bits per heavy atom. The summed E-state index contributed by atoms with van der Waals surface area (Å²) in [6, 6.07) is 9.94. The molecule has 0 spiro atoms. The number of aromatic amines is 1. The zero-order valence-electron chi connectivity index (χ0n) is 10.5. The quantitative estimate of drug-likeness (QED) is 0.703. The topological polar surface area (TPSA) is 80.6 Å². The number of nitrogens with zero attached hydrogens (tertiary/aromatic N) is 4. The number of nitriles is 1. The van der Waals surface area contributed by atoms with Gasteiger partial charge in [0.25, 0.3) is 0 Å². The molecule has 1 aromatic carbocycles. The maximum absolute atomic E-state index is 8.90. The van der Waals surface area contributed by atoms with Crippen molar-refractivity contribution in [2.75, 3.05) is 16.9 Å². The van der Waals surface area contributed by atoms with E-state index in [-0.39, 0.29) is 0 Å². The minimum Gasteiger partial charge on any atom is -0.364 e. The molecule has 0 fully saturated rings. The van der Waals surface area contributed by atoms with E-state index >= 15 is 0 Å². The third kappa shape index (κ3) is 1.50. The number of rotatable bonds is 1. The number of fused-ring (bicyclic) bond motifs is 2. The number of H-pyrrole nitrogens is 1. The Kier molecular flexibility index (Phi) is 2.14. The van der Waals surface area contributed by atoms with Crippen molar-refractivity contribution >= 4 is 28.2 Å². The second-order valence-electron chi connectivity index (χ2n) is 4.57. The van der Waals surface area contributed by atoms with Crippen LogP contribution in [0.25, 0.3) is 11.0 Å². The summed E-state index contributed by atoms with van der Waals surface area (Å²) in [4.78, 5) is 13.8. The highest BCUT2D eigenvalue weighted by atomic mass is 15.3. The van der Waals surface area contributed by atoms with E-state index in [4.69, 9.17) is 5.26 Å². The van der Waals surface area contributed by atoms with Gasteiger partial charge in [-0.3, -0.25) is 0 Å². The van der Waals surface area contributed by atoms with Crippen LogP contribution in [0.4, 0.5) is 17.2 Å². The molecule has 0 amide bonds. The van der Waals surface area contributed by atoms with Crippen LogP contribution in [0.5, 0.6) is 0 Å². The molecular formula is C14H10N6. The average molecular weight is 262 g/mol. The lowest BCUT2D eigenvalue weighted by Gasteiger charge is -2.16. The number of benzene rings is 1. The van der Waals surface area contributed by atoms with Gasteiger partial charge >= 0.3 is 0 Å². The van der Waals surface area contributed by atoms with Crippen molar-refractivity contribution in [3.63, 3.8) is 0 Å². The SMILES string of the molecule is N#Cc1cnc2c(c1)NCN2c1ccc2nc[nH]c2c1. The van der Waals surface area contributed by atoms with Gasteiger partial charge in [-0.1, -0.05) is 0 Å². The van der Waals surface area contributed by atoms with Crippen LogP contribution in [0.3, 0.4) is 0 Å². The van der Waals surface area contributed by atoms with E-state index in [1.54, 1.807) is 12.5 Å².